The van der Waals surface area contributed by atoms with Crippen LogP contribution >= 0.6 is 22.7 Å². The van der Waals surface area contributed by atoms with Crippen molar-refractivity contribution < 1.29 is 9.90 Å². The lowest BCUT2D eigenvalue weighted by Crippen LogP contribution is -1.95. The minimum atomic E-state index is -1.05. The zero-order valence-corrected chi connectivity index (χ0v) is 8.93. The van der Waals surface area contributed by atoms with E-state index in [9.17, 15) is 4.79 Å². The molecule has 0 saturated carbocycles. The number of thiazole rings is 1. The zero-order valence-electron chi connectivity index (χ0n) is 7.30. The van der Waals surface area contributed by atoms with Crippen molar-refractivity contribution in [3.63, 3.8) is 0 Å². The first kappa shape index (κ1) is 9.83. The van der Waals surface area contributed by atoms with Gasteiger partial charge in [0.15, 0.2) is 5.69 Å². The molecule has 0 aliphatic heterocycles. The number of carboxylic acids is 1. The van der Waals surface area contributed by atoms with Crippen molar-refractivity contribution in [2.45, 2.75) is 0 Å². The number of carboxylic acid groups (broad SMARTS) is 1. The summed E-state index contributed by atoms with van der Waals surface area (Å²) in [4.78, 5) is 15.1. The second-order valence-corrected chi connectivity index (χ2v) is 4.39. The number of aromatic carboxylic acids is 1. The number of hydrogen-bond acceptors (Lipinski definition) is 5. The van der Waals surface area contributed by atoms with Gasteiger partial charge >= 0.3 is 5.97 Å². The van der Waals surface area contributed by atoms with Gasteiger partial charge in [-0.2, -0.15) is 5.26 Å². The van der Waals surface area contributed by atoms with E-state index < -0.39 is 5.97 Å². The van der Waals surface area contributed by atoms with Crippen LogP contribution in [-0.4, -0.2) is 16.1 Å². The molecule has 0 unspecified atom stereocenters. The van der Waals surface area contributed by atoms with E-state index in [4.69, 9.17) is 10.4 Å². The van der Waals surface area contributed by atoms with Crippen molar-refractivity contribution in [1.29, 1.82) is 5.26 Å². The van der Waals surface area contributed by atoms with Crippen molar-refractivity contribution in [3.8, 4) is 16.6 Å². The van der Waals surface area contributed by atoms with Crippen molar-refractivity contribution in [1.82, 2.24) is 4.98 Å². The fourth-order valence-electron chi connectivity index (χ4n) is 1.06. The summed E-state index contributed by atoms with van der Waals surface area (Å²) in [5.41, 5.74) is 0.727. The summed E-state index contributed by atoms with van der Waals surface area (Å²) in [6.07, 6.45) is 0. The molecule has 0 atom stereocenters. The first-order valence-electron chi connectivity index (χ1n) is 3.89. The Bertz CT molecular complexity index is 550. The van der Waals surface area contributed by atoms with E-state index in [1.807, 2.05) is 0 Å². The standard InChI is InChI=1S/C9H4N2O2S2/c10-3-7-5(1-2-14-7)8-11-6(4-15-8)9(12)13/h1-2,4H,(H,12,13). The fourth-order valence-corrected chi connectivity index (χ4v) is 2.63. The lowest BCUT2D eigenvalue weighted by Gasteiger charge is -1.89. The van der Waals surface area contributed by atoms with Crippen LogP contribution in [0.5, 0.6) is 0 Å². The molecule has 0 bridgehead atoms. The van der Waals surface area contributed by atoms with E-state index in [-0.39, 0.29) is 5.69 Å². The monoisotopic (exact) mass is 236 g/mol. The first-order valence-corrected chi connectivity index (χ1v) is 5.65. The predicted molar refractivity (Wildman–Crippen MR) is 57.1 cm³/mol. The minimum Gasteiger partial charge on any atom is -0.476 e. The number of carbonyl (C=O) groups is 1. The Kier molecular flexibility index (Phi) is 2.49. The maximum atomic E-state index is 10.6. The fraction of sp³-hybridized carbons (Fsp3) is 0. The largest absolute Gasteiger partial charge is 0.476 e. The minimum absolute atomic E-state index is 0.0186. The normalized spacial score (nSPS) is 9.80. The third-order valence-corrected chi connectivity index (χ3v) is 3.42. The molecule has 0 aliphatic carbocycles. The molecule has 2 aromatic rings. The Balaban J connectivity index is 2.47. The predicted octanol–water partition coefficient (Wildman–Crippen LogP) is 2.44. The van der Waals surface area contributed by atoms with Gasteiger partial charge in [0.1, 0.15) is 16.0 Å². The van der Waals surface area contributed by atoms with E-state index in [2.05, 4.69) is 11.1 Å². The Morgan fingerprint density at radius 1 is 1.53 bits per heavy atom. The van der Waals surface area contributed by atoms with Gasteiger partial charge in [0, 0.05) is 10.9 Å². The number of aromatic nitrogens is 1. The van der Waals surface area contributed by atoms with Crippen molar-refractivity contribution >= 4 is 28.6 Å². The third-order valence-electron chi connectivity index (χ3n) is 1.72. The molecule has 74 valence electrons. The number of nitrogens with zero attached hydrogens (tertiary/aromatic N) is 2. The zero-order chi connectivity index (χ0) is 10.8. The number of rotatable bonds is 2. The summed E-state index contributed by atoms with van der Waals surface area (Å²) >= 11 is 2.55. The Hall–Kier alpha value is -1.71. The lowest BCUT2D eigenvalue weighted by atomic mass is 10.3. The molecule has 2 rings (SSSR count). The molecule has 0 spiro atoms. The quantitative estimate of drug-likeness (QED) is 0.869. The lowest BCUT2D eigenvalue weighted by molar-refractivity contribution is 0.0691. The first-order chi connectivity index (χ1) is 7.22. The van der Waals surface area contributed by atoms with Crippen LogP contribution in [0.2, 0.25) is 0 Å². The van der Waals surface area contributed by atoms with Crippen molar-refractivity contribution in [2.75, 3.05) is 0 Å². The van der Waals surface area contributed by atoms with Gasteiger partial charge in [-0.1, -0.05) is 0 Å². The van der Waals surface area contributed by atoms with E-state index in [0.717, 1.165) is 0 Å². The van der Waals surface area contributed by atoms with Gasteiger partial charge in [-0.3, -0.25) is 0 Å². The third kappa shape index (κ3) is 1.75. The number of thiophene rings is 1. The average molecular weight is 236 g/mol. The Morgan fingerprint density at radius 3 is 2.93 bits per heavy atom. The molecule has 15 heavy (non-hydrogen) atoms. The molecule has 0 fully saturated rings. The summed E-state index contributed by atoms with van der Waals surface area (Å²) in [7, 11) is 0. The van der Waals surface area contributed by atoms with Crippen LogP contribution in [0.1, 0.15) is 15.4 Å². The van der Waals surface area contributed by atoms with Gasteiger partial charge < -0.3 is 5.11 Å². The molecule has 0 aromatic carbocycles. The molecule has 0 saturated heterocycles. The SMILES string of the molecule is N#Cc1sccc1-c1nc(C(=O)O)cs1. The van der Waals surface area contributed by atoms with Crippen LogP contribution in [0.4, 0.5) is 0 Å². The van der Waals surface area contributed by atoms with E-state index in [1.54, 1.807) is 11.4 Å². The number of hydrogen-bond donors (Lipinski definition) is 1. The van der Waals surface area contributed by atoms with E-state index in [0.29, 0.717) is 15.4 Å². The Labute approximate surface area is 93.1 Å². The molecule has 0 aliphatic rings. The molecule has 6 heteroatoms. The molecule has 2 aromatic heterocycles. The molecular weight excluding hydrogens is 232 g/mol. The van der Waals surface area contributed by atoms with Crippen molar-refractivity contribution in [2.24, 2.45) is 0 Å². The molecule has 1 N–H and O–H groups in total. The number of nitriles is 1. The van der Waals surface area contributed by atoms with Gasteiger partial charge in [-0.25, -0.2) is 9.78 Å². The summed E-state index contributed by atoms with van der Waals surface area (Å²) in [5.74, 6) is -1.05. The highest BCUT2D eigenvalue weighted by Crippen LogP contribution is 2.30. The topological polar surface area (TPSA) is 74.0 Å². The highest BCUT2D eigenvalue weighted by molar-refractivity contribution is 7.14. The van der Waals surface area contributed by atoms with Crippen LogP contribution in [0, 0.1) is 11.3 Å². The van der Waals surface area contributed by atoms with Crippen LogP contribution in [-0.2, 0) is 0 Å². The smallest absolute Gasteiger partial charge is 0.355 e. The highest BCUT2D eigenvalue weighted by atomic mass is 32.1. The summed E-state index contributed by atoms with van der Waals surface area (Å²) in [6.45, 7) is 0. The second-order valence-electron chi connectivity index (χ2n) is 2.62. The Morgan fingerprint density at radius 2 is 2.33 bits per heavy atom. The average Bonchev–Trinajstić information content (AvgIpc) is 2.85. The van der Waals surface area contributed by atoms with Gasteiger partial charge in [0.05, 0.1) is 0 Å². The van der Waals surface area contributed by atoms with Crippen LogP contribution in [0.3, 0.4) is 0 Å². The van der Waals surface area contributed by atoms with E-state index in [1.165, 1.54) is 28.1 Å². The summed E-state index contributed by atoms with van der Waals surface area (Å²) in [6, 6.07) is 3.82. The van der Waals surface area contributed by atoms with Gasteiger partial charge in [0.25, 0.3) is 0 Å². The maximum Gasteiger partial charge on any atom is 0.355 e. The summed E-state index contributed by atoms with van der Waals surface area (Å²) < 4.78 is 0. The van der Waals surface area contributed by atoms with Crippen LogP contribution in [0.15, 0.2) is 16.8 Å². The van der Waals surface area contributed by atoms with Crippen molar-refractivity contribution in [3.05, 3.63) is 27.4 Å². The molecule has 0 radical (unpaired) electrons. The highest BCUT2D eigenvalue weighted by Gasteiger charge is 2.13. The maximum absolute atomic E-state index is 10.6. The summed E-state index contributed by atoms with van der Waals surface area (Å²) in [5, 5.41) is 21.3. The molecular formula is C9H4N2O2S2. The molecule has 0 amide bonds. The van der Waals surface area contributed by atoms with Gasteiger partial charge in [-0.15, -0.1) is 22.7 Å². The van der Waals surface area contributed by atoms with Crippen LogP contribution in [0.25, 0.3) is 10.6 Å². The molecule has 4 nitrogen and oxygen atoms in total. The molecule has 2 heterocycles. The van der Waals surface area contributed by atoms with E-state index >= 15 is 0 Å². The second kappa shape index (κ2) is 3.81. The van der Waals surface area contributed by atoms with Gasteiger partial charge in [-0.05, 0) is 11.4 Å². The van der Waals surface area contributed by atoms with Crippen LogP contribution < -0.4 is 0 Å². The van der Waals surface area contributed by atoms with Gasteiger partial charge in [0.2, 0.25) is 0 Å².